The van der Waals surface area contributed by atoms with Gasteiger partial charge in [0.15, 0.2) is 0 Å². The number of halogens is 1. The second-order valence-corrected chi connectivity index (χ2v) is 6.21. The van der Waals surface area contributed by atoms with Crippen molar-refractivity contribution in [2.45, 2.75) is 0 Å². The lowest BCUT2D eigenvalue weighted by molar-refractivity contribution is -0.113. The molecule has 23 heavy (non-hydrogen) atoms. The number of carbonyl (C=O) groups excluding carboxylic acids is 3. The monoisotopic (exact) mass is 343 g/mol. The molecule has 1 heterocycles. The summed E-state index contributed by atoms with van der Waals surface area (Å²) in [6.45, 7) is 0. The van der Waals surface area contributed by atoms with Gasteiger partial charge in [-0.05, 0) is 41.6 Å². The summed E-state index contributed by atoms with van der Waals surface area (Å²) < 4.78 is 0. The molecule has 1 saturated heterocycles. The SMILES string of the molecule is O=Cc1ccc(/C=C2\SC(=O)N(c3cccc(Cl)c3)C2=O)cc1. The number of thioether (sulfide) groups is 1. The van der Waals surface area contributed by atoms with Crippen LogP contribution >= 0.6 is 23.4 Å². The molecule has 4 nitrogen and oxygen atoms in total. The quantitative estimate of drug-likeness (QED) is 0.612. The summed E-state index contributed by atoms with van der Waals surface area (Å²) in [6.07, 6.45) is 2.38. The van der Waals surface area contributed by atoms with Gasteiger partial charge in [-0.25, -0.2) is 4.90 Å². The summed E-state index contributed by atoms with van der Waals surface area (Å²) in [7, 11) is 0. The van der Waals surface area contributed by atoms with Crippen LogP contribution in [0, 0.1) is 0 Å². The van der Waals surface area contributed by atoms with Crippen LogP contribution in [0.2, 0.25) is 5.02 Å². The van der Waals surface area contributed by atoms with Crippen molar-refractivity contribution >= 4 is 52.6 Å². The fourth-order valence-corrected chi connectivity index (χ4v) is 3.15. The average Bonchev–Trinajstić information content (AvgIpc) is 2.82. The zero-order valence-electron chi connectivity index (χ0n) is 11.7. The van der Waals surface area contributed by atoms with E-state index in [0.29, 0.717) is 21.2 Å². The van der Waals surface area contributed by atoms with Gasteiger partial charge in [-0.2, -0.15) is 0 Å². The molecule has 0 aliphatic carbocycles. The summed E-state index contributed by atoms with van der Waals surface area (Å²) in [5, 5.41) is 0.0861. The maximum absolute atomic E-state index is 12.5. The van der Waals surface area contributed by atoms with E-state index in [1.165, 1.54) is 0 Å². The fourth-order valence-electron chi connectivity index (χ4n) is 2.13. The fraction of sp³-hybridized carbons (Fsp3) is 0. The molecule has 0 aromatic heterocycles. The van der Waals surface area contributed by atoms with Gasteiger partial charge in [0.25, 0.3) is 11.1 Å². The minimum absolute atomic E-state index is 0.328. The number of anilines is 1. The molecular formula is C17H10ClNO3S. The Kier molecular flexibility index (Phi) is 4.32. The van der Waals surface area contributed by atoms with Crippen molar-refractivity contribution in [1.82, 2.24) is 0 Å². The van der Waals surface area contributed by atoms with Crippen LogP contribution < -0.4 is 4.90 Å². The lowest BCUT2D eigenvalue weighted by atomic mass is 10.1. The van der Waals surface area contributed by atoms with Crippen molar-refractivity contribution in [3.63, 3.8) is 0 Å². The van der Waals surface area contributed by atoms with E-state index in [4.69, 9.17) is 11.6 Å². The molecule has 114 valence electrons. The number of aldehydes is 1. The first kappa shape index (κ1) is 15.5. The Bertz CT molecular complexity index is 830. The first-order valence-corrected chi connectivity index (χ1v) is 7.87. The maximum atomic E-state index is 12.5. The third-order valence-corrected chi connectivity index (χ3v) is 4.34. The van der Waals surface area contributed by atoms with E-state index < -0.39 is 0 Å². The Labute approximate surface area is 141 Å². The Hall–Kier alpha value is -2.37. The van der Waals surface area contributed by atoms with Crippen molar-refractivity contribution in [2.75, 3.05) is 4.90 Å². The molecular weight excluding hydrogens is 334 g/mol. The Morgan fingerprint density at radius 1 is 1.00 bits per heavy atom. The number of hydrogen-bond donors (Lipinski definition) is 0. The highest BCUT2D eigenvalue weighted by molar-refractivity contribution is 8.19. The molecule has 0 saturated carbocycles. The standard InChI is InChI=1S/C17H10ClNO3S/c18-13-2-1-3-14(9-13)19-16(21)15(23-17(19)22)8-11-4-6-12(10-20)7-5-11/h1-10H/b15-8-. The first-order chi connectivity index (χ1) is 11.1. The van der Waals surface area contributed by atoms with Crippen molar-refractivity contribution in [1.29, 1.82) is 0 Å². The molecule has 6 heteroatoms. The number of imide groups is 1. The molecule has 1 aliphatic rings. The van der Waals surface area contributed by atoms with Gasteiger partial charge in [0.1, 0.15) is 6.29 Å². The molecule has 0 N–H and O–H groups in total. The number of hydrogen-bond acceptors (Lipinski definition) is 4. The van der Waals surface area contributed by atoms with E-state index in [1.807, 2.05) is 0 Å². The van der Waals surface area contributed by atoms with Gasteiger partial charge in [0.05, 0.1) is 10.6 Å². The molecule has 1 fully saturated rings. The molecule has 0 radical (unpaired) electrons. The van der Waals surface area contributed by atoms with Crippen LogP contribution in [-0.4, -0.2) is 17.4 Å². The maximum Gasteiger partial charge on any atom is 0.298 e. The van der Waals surface area contributed by atoms with E-state index >= 15 is 0 Å². The number of rotatable bonds is 3. The molecule has 0 spiro atoms. The van der Waals surface area contributed by atoms with E-state index in [2.05, 4.69) is 0 Å². The van der Waals surface area contributed by atoms with Crippen LogP contribution in [0.15, 0.2) is 53.4 Å². The van der Waals surface area contributed by atoms with Gasteiger partial charge in [0, 0.05) is 10.6 Å². The highest BCUT2D eigenvalue weighted by atomic mass is 35.5. The largest absolute Gasteiger partial charge is 0.298 e. The normalized spacial score (nSPS) is 16.2. The predicted octanol–water partition coefficient (Wildman–Crippen LogP) is 4.39. The lowest BCUT2D eigenvalue weighted by Gasteiger charge is -2.12. The van der Waals surface area contributed by atoms with Crippen LogP contribution in [-0.2, 0) is 4.79 Å². The molecule has 2 aromatic carbocycles. The average molecular weight is 344 g/mol. The highest BCUT2D eigenvalue weighted by Crippen LogP contribution is 2.36. The van der Waals surface area contributed by atoms with Crippen molar-refractivity contribution in [2.24, 2.45) is 0 Å². The third-order valence-electron chi connectivity index (χ3n) is 3.23. The van der Waals surface area contributed by atoms with Gasteiger partial charge >= 0.3 is 0 Å². The number of carbonyl (C=O) groups is 3. The van der Waals surface area contributed by atoms with Gasteiger partial charge in [-0.15, -0.1) is 0 Å². The Morgan fingerprint density at radius 3 is 2.35 bits per heavy atom. The number of benzene rings is 2. The van der Waals surface area contributed by atoms with Crippen LogP contribution in [0.1, 0.15) is 15.9 Å². The minimum Gasteiger partial charge on any atom is -0.298 e. The number of nitrogens with zero attached hydrogens (tertiary/aromatic N) is 1. The summed E-state index contributed by atoms with van der Waals surface area (Å²) in [5.74, 6) is -0.387. The van der Waals surface area contributed by atoms with Crippen LogP contribution in [0.25, 0.3) is 6.08 Å². The number of amides is 2. The van der Waals surface area contributed by atoms with Crippen LogP contribution in [0.3, 0.4) is 0 Å². The van der Waals surface area contributed by atoms with E-state index in [1.54, 1.807) is 54.6 Å². The van der Waals surface area contributed by atoms with Crippen molar-refractivity contribution in [3.8, 4) is 0 Å². The predicted molar refractivity (Wildman–Crippen MR) is 91.7 cm³/mol. The van der Waals surface area contributed by atoms with Gasteiger partial charge in [0.2, 0.25) is 0 Å². The van der Waals surface area contributed by atoms with E-state index in [-0.39, 0.29) is 11.1 Å². The lowest BCUT2D eigenvalue weighted by Crippen LogP contribution is -2.27. The zero-order chi connectivity index (χ0) is 16.4. The molecule has 1 aliphatic heterocycles. The summed E-state index contributed by atoms with van der Waals surface area (Å²) in [5.41, 5.74) is 1.74. The topological polar surface area (TPSA) is 54.5 Å². The van der Waals surface area contributed by atoms with Gasteiger partial charge < -0.3 is 0 Å². The summed E-state index contributed by atoms with van der Waals surface area (Å²) >= 11 is 6.79. The highest BCUT2D eigenvalue weighted by Gasteiger charge is 2.36. The minimum atomic E-state index is -0.387. The molecule has 0 bridgehead atoms. The first-order valence-electron chi connectivity index (χ1n) is 6.67. The third kappa shape index (κ3) is 3.21. The molecule has 0 atom stereocenters. The van der Waals surface area contributed by atoms with Crippen LogP contribution in [0.5, 0.6) is 0 Å². The smallest absolute Gasteiger partial charge is 0.298 e. The van der Waals surface area contributed by atoms with Crippen molar-refractivity contribution < 1.29 is 14.4 Å². The second-order valence-electron chi connectivity index (χ2n) is 4.78. The molecule has 3 rings (SSSR count). The summed E-state index contributed by atoms with van der Waals surface area (Å²) in [6, 6.07) is 13.3. The van der Waals surface area contributed by atoms with Gasteiger partial charge in [-0.1, -0.05) is 41.9 Å². The van der Waals surface area contributed by atoms with Gasteiger partial charge in [-0.3, -0.25) is 14.4 Å². The van der Waals surface area contributed by atoms with Crippen molar-refractivity contribution in [3.05, 3.63) is 69.6 Å². The molecule has 2 aromatic rings. The van der Waals surface area contributed by atoms with E-state index in [9.17, 15) is 14.4 Å². The molecule has 2 amide bonds. The Morgan fingerprint density at radius 2 is 1.70 bits per heavy atom. The Balaban J connectivity index is 1.91. The van der Waals surface area contributed by atoms with E-state index in [0.717, 1.165) is 28.5 Å². The summed E-state index contributed by atoms with van der Waals surface area (Å²) in [4.78, 5) is 36.7. The zero-order valence-corrected chi connectivity index (χ0v) is 13.3. The molecule has 0 unspecified atom stereocenters. The van der Waals surface area contributed by atoms with Crippen LogP contribution in [0.4, 0.5) is 10.5 Å². The second kappa shape index (κ2) is 6.40.